The maximum Gasteiger partial charge on any atom is 0.471 e. The fourth-order valence-corrected chi connectivity index (χ4v) is 4.70. The second-order valence-corrected chi connectivity index (χ2v) is 10.6. The van der Waals surface area contributed by atoms with Crippen LogP contribution in [-0.4, -0.2) is 36.0 Å². The quantitative estimate of drug-likeness (QED) is 0.140. The molecule has 4 aromatic rings. The first-order valence-corrected chi connectivity index (χ1v) is 14.4. The second-order valence-electron chi connectivity index (χ2n) is 9.05. The minimum Gasteiger partial charge on any atom is -0.489 e. The molecule has 0 saturated carbocycles. The minimum absolute atomic E-state index is 0. The first-order valence-electron chi connectivity index (χ1n) is 12.9. The van der Waals surface area contributed by atoms with Crippen molar-refractivity contribution in [3.05, 3.63) is 96.2 Å². The van der Waals surface area contributed by atoms with Gasteiger partial charge in [0, 0.05) is 26.7 Å². The summed E-state index contributed by atoms with van der Waals surface area (Å²) in [6.45, 7) is 1.09. The average molecular weight is 551 g/mol. The van der Waals surface area contributed by atoms with Gasteiger partial charge in [0.25, 0.3) is 0 Å². The van der Waals surface area contributed by atoms with Gasteiger partial charge in [-0.05, 0) is 59.7 Å². The molecule has 0 bridgehead atoms. The molecule has 2 N–H and O–H groups in total. The predicted molar refractivity (Wildman–Crippen MR) is 153 cm³/mol. The number of ether oxygens (including phenoxy) is 1. The van der Waals surface area contributed by atoms with E-state index in [-0.39, 0.29) is 20.4 Å². The fourth-order valence-electron chi connectivity index (χ4n) is 4.24. The van der Waals surface area contributed by atoms with Gasteiger partial charge in [-0.25, -0.2) is 4.57 Å². The van der Waals surface area contributed by atoms with Gasteiger partial charge in [-0.3, -0.25) is 18.8 Å². The molecule has 0 radical (unpaired) electrons. The molecule has 9 heteroatoms. The van der Waals surface area contributed by atoms with Crippen molar-refractivity contribution in [3.63, 3.8) is 0 Å². The normalized spacial score (nSPS) is 12.7. The molecule has 0 saturated heterocycles. The van der Waals surface area contributed by atoms with Gasteiger partial charge in [0.1, 0.15) is 12.4 Å². The third-order valence-corrected chi connectivity index (χ3v) is 7.17. The number of phosphoric ester groups is 1. The Morgan fingerprint density at radius 1 is 1.00 bits per heavy atom. The molecule has 0 aliphatic rings. The van der Waals surface area contributed by atoms with Crippen molar-refractivity contribution in [2.24, 2.45) is 0 Å². The number of para-hydroxylation sites is 1. The molecule has 4 rings (SSSR count). The van der Waals surface area contributed by atoms with Crippen LogP contribution in [0, 0.1) is 0 Å². The van der Waals surface area contributed by atoms with Gasteiger partial charge in [-0.15, -0.1) is 0 Å². The third-order valence-electron chi connectivity index (χ3n) is 6.20. The summed E-state index contributed by atoms with van der Waals surface area (Å²) in [7, 11) is -2.81. The number of pyridine rings is 1. The van der Waals surface area contributed by atoms with Crippen molar-refractivity contribution in [2.45, 2.75) is 32.3 Å². The summed E-state index contributed by atoms with van der Waals surface area (Å²) in [5.74, 6) is 0.653. The number of carbonyl (C=O) groups excluding carboxylic acids is 1. The summed E-state index contributed by atoms with van der Waals surface area (Å²) in [4.78, 5) is 26.7. The molecule has 0 spiro atoms. The van der Waals surface area contributed by atoms with E-state index in [0.29, 0.717) is 19.6 Å². The number of phosphoric acid groups is 1. The van der Waals surface area contributed by atoms with Crippen molar-refractivity contribution in [2.75, 3.05) is 20.3 Å². The topological polar surface area (TPSA) is 107 Å². The maximum atomic E-state index is 12.8. The number of nitrogens with zero attached hydrogens (tertiary/aromatic N) is 1. The second kappa shape index (κ2) is 14.0. The van der Waals surface area contributed by atoms with Gasteiger partial charge in [-0.2, -0.15) is 0 Å². The van der Waals surface area contributed by atoms with Gasteiger partial charge >= 0.3 is 7.82 Å². The number of benzene rings is 3. The van der Waals surface area contributed by atoms with E-state index in [1.165, 1.54) is 0 Å². The molecule has 0 aliphatic carbocycles. The van der Waals surface area contributed by atoms with Crippen LogP contribution in [0.15, 0.2) is 85.1 Å². The van der Waals surface area contributed by atoms with Crippen LogP contribution in [0.3, 0.4) is 0 Å². The molecule has 39 heavy (non-hydrogen) atoms. The number of amides is 1. The Morgan fingerprint density at radius 2 is 1.79 bits per heavy atom. The highest BCUT2D eigenvalue weighted by Gasteiger charge is 2.17. The largest absolute Gasteiger partial charge is 0.489 e. The highest BCUT2D eigenvalue weighted by molar-refractivity contribution is 7.47. The molecule has 1 heterocycles. The van der Waals surface area contributed by atoms with Gasteiger partial charge in [-0.1, -0.05) is 60.7 Å². The summed E-state index contributed by atoms with van der Waals surface area (Å²) in [6.07, 6.45) is 4.01. The van der Waals surface area contributed by atoms with E-state index in [4.69, 9.17) is 9.26 Å². The average Bonchev–Trinajstić information content (AvgIpc) is 2.96. The first kappa shape index (κ1) is 28.5. The maximum absolute atomic E-state index is 12.8. The molecule has 206 valence electrons. The lowest BCUT2D eigenvalue weighted by atomic mass is 9.94. The van der Waals surface area contributed by atoms with E-state index in [9.17, 15) is 14.3 Å². The monoisotopic (exact) mass is 550 g/mol. The lowest BCUT2D eigenvalue weighted by molar-refractivity contribution is -0.120. The number of hydrogen-bond acceptors (Lipinski definition) is 6. The van der Waals surface area contributed by atoms with E-state index < -0.39 is 7.82 Å². The Hall–Kier alpha value is -3.55. The molecule has 1 aromatic heterocycles. The highest BCUT2D eigenvalue weighted by atomic mass is 31.2. The van der Waals surface area contributed by atoms with Crippen LogP contribution in [0.2, 0.25) is 0 Å². The van der Waals surface area contributed by atoms with Crippen LogP contribution in [0.1, 0.15) is 31.8 Å². The van der Waals surface area contributed by atoms with E-state index in [1.807, 2.05) is 78.9 Å². The lowest BCUT2D eigenvalue weighted by Gasteiger charge is -2.15. The van der Waals surface area contributed by atoms with Gasteiger partial charge in [0.2, 0.25) is 5.91 Å². The molecule has 0 aliphatic heterocycles. The lowest BCUT2D eigenvalue weighted by Crippen LogP contribution is -2.26. The molecular weight excluding hydrogens is 515 g/mol. The molecule has 0 fully saturated rings. The summed E-state index contributed by atoms with van der Waals surface area (Å²) in [5, 5.41) is 3.94. The Bertz CT molecular complexity index is 1440. The van der Waals surface area contributed by atoms with Crippen molar-refractivity contribution in [1.29, 1.82) is 0 Å². The van der Waals surface area contributed by atoms with Crippen LogP contribution in [-0.2, 0) is 31.4 Å². The zero-order chi connectivity index (χ0) is 27.5. The van der Waals surface area contributed by atoms with Crippen molar-refractivity contribution >= 4 is 24.6 Å². The zero-order valence-electron chi connectivity index (χ0n) is 21.9. The first-order chi connectivity index (χ1) is 18.9. The summed E-state index contributed by atoms with van der Waals surface area (Å²) >= 11 is 0. The summed E-state index contributed by atoms with van der Waals surface area (Å²) < 4.78 is 26.5. The number of carbonyl (C=O) groups is 1. The van der Waals surface area contributed by atoms with Crippen molar-refractivity contribution in [3.8, 4) is 16.9 Å². The SMILES string of the molecule is COP(=O)(O)OCCCCCNC(=O)Cc1cnc2ccccc2c1-c1cccc(OCc2ccccc2)c1.[HH]. The van der Waals surface area contributed by atoms with Crippen LogP contribution in [0.25, 0.3) is 22.0 Å². The molecule has 3 aromatic carbocycles. The van der Waals surface area contributed by atoms with Crippen LogP contribution in [0.5, 0.6) is 5.75 Å². The fraction of sp³-hybridized carbons (Fsp3) is 0.267. The summed E-state index contributed by atoms with van der Waals surface area (Å²) in [6, 6.07) is 25.8. The predicted octanol–water partition coefficient (Wildman–Crippen LogP) is 6.32. The molecule has 1 unspecified atom stereocenters. The Balaban J connectivity index is 0.00000441. The van der Waals surface area contributed by atoms with Crippen molar-refractivity contribution < 1.29 is 29.5 Å². The number of hydrogen-bond donors (Lipinski definition) is 2. The zero-order valence-corrected chi connectivity index (χ0v) is 22.8. The number of nitrogens with one attached hydrogen (secondary N) is 1. The van der Waals surface area contributed by atoms with E-state index in [2.05, 4.69) is 14.8 Å². The van der Waals surface area contributed by atoms with Crippen LogP contribution >= 0.6 is 7.82 Å². The van der Waals surface area contributed by atoms with E-state index in [1.54, 1.807) is 6.20 Å². The number of unbranched alkanes of at least 4 members (excludes halogenated alkanes) is 2. The standard InChI is InChI=1S/C30H33N2O6P.H2/c1-36-39(34,35)38-18-9-3-8-17-31-29(33)20-25-21-32-28-16-7-6-15-27(28)30(25)24-13-10-14-26(19-24)37-22-23-11-4-2-5-12-23;/h2,4-7,10-16,19,21H,3,8-9,17-18,20,22H2,1H3,(H,31,33)(H,34,35);1H. The Kier molecular flexibility index (Phi) is 10.2. The third kappa shape index (κ3) is 8.47. The number of rotatable bonds is 14. The summed E-state index contributed by atoms with van der Waals surface area (Å²) in [5.41, 5.74) is 4.70. The molecule has 1 amide bonds. The van der Waals surface area contributed by atoms with Gasteiger partial charge in [0.15, 0.2) is 0 Å². The highest BCUT2D eigenvalue weighted by Crippen LogP contribution is 2.42. The van der Waals surface area contributed by atoms with Crippen molar-refractivity contribution in [1.82, 2.24) is 10.3 Å². The van der Waals surface area contributed by atoms with Crippen LogP contribution in [0.4, 0.5) is 0 Å². The van der Waals surface area contributed by atoms with E-state index in [0.717, 1.165) is 58.9 Å². The van der Waals surface area contributed by atoms with Gasteiger partial charge < -0.3 is 14.9 Å². The number of fused-ring (bicyclic) bond motifs is 1. The molecule has 1 atom stereocenters. The van der Waals surface area contributed by atoms with Gasteiger partial charge in [0.05, 0.1) is 18.5 Å². The Morgan fingerprint density at radius 3 is 2.62 bits per heavy atom. The van der Waals surface area contributed by atoms with Crippen LogP contribution < -0.4 is 10.1 Å². The van der Waals surface area contributed by atoms with E-state index >= 15 is 0 Å². The smallest absolute Gasteiger partial charge is 0.471 e. The molecule has 8 nitrogen and oxygen atoms in total. The minimum atomic E-state index is -3.94. The Labute approximate surface area is 230 Å². The molecular formula is C30H35N2O6P. The number of aromatic nitrogens is 1.